The highest BCUT2D eigenvalue weighted by Gasteiger charge is 2.22. The Morgan fingerprint density at radius 3 is 2.82 bits per heavy atom. The number of aliphatic hydroxyl groups excluding tert-OH is 1. The van der Waals surface area contributed by atoms with E-state index in [1.54, 1.807) is 0 Å². The molecule has 1 atom stereocenters. The molecule has 0 fully saturated rings. The lowest BCUT2D eigenvalue weighted by Gasteiger charge is -2.13. The van der Waals surface area contributed by atoms with Crippen LogP contribution in [0.3, 0.4) is 0 Å². The van der Waals surface area contributed by atoms with Crippen LogP contribution in [0.4, 0.5) is 0 Å². The maximum atomic E-state index is 11.9. The topological polar surface area (TPSA) is 75.6 Å². The fraction of sp³-hybridized carbons (Fsp3) is 0.455. The van der Waals surface area contributed by atoms with Crippen molar-refractivity contribution in [3.05, 3.63) is 21.9 Å². The number of nitrogens with one attached hydrogen (secondary N) is 1. The Morgan fingerprint density at radius 1 is 1.59 bits per heavy atom. The number of aryl methyl sites for hydroxylation is 1. The van der Waals surface area contributed by atoms with Crippen LogP contribution in [0.1, 0.15) is 22.2 Å². The minimum Gasteiger partial charge on any atom is -0.467 e. The summed E-state index contributed by atoms with van der Waals surface area (Å²) in [6, 6.07) is 0.852. The van der Waals surface area contributed by atoms with Gasteiger partial charge in [-0.15, -0.1) is 11.3 Å². The van der Waals surface area contributed by atoms with Crippen LogP contribution in [0.25, 0.3) is 0 Å². The lowest BCUT2D eigenvalue weighted by Crippen LogP contribution is -2.44. The fourth-order valence-electron chi connectivity index (χ4n) is 1.36. The first-order valence-electron chi connectivity index (χ1n) is 5.19. The normalized spacial score (nSPS) is 11.9. The Bertz CT molecular complexity index is 402. The van der Waals surface area contributed by atoms with Gasteiger partial charge in [0, 0.05) is 0 Å². The van der Waals surface area contributed by atoms with E-state index < -0.39 is 18.6 Å². The van der Waals surface area contributed by atoms with Gasteiger partial charge in [0.1, 0.15) is 0 Å². The zero-order chi connectivity index (χ0) is 12.8. The van der Waals surface area contributed by atoms with Gasteiger partial charge in [0.15, 0.2) is 6.04 Å². The van der Waals surface area contributed by atoms with Crippen LogP contribution in [-0.2, 0) is 16.0 Å². The zero-order valence-corrected chi connectivity index (χ0v) is 10.5. The molecule has 94 valence electrons. The number of methoxy groups -OCH3 is 1. The molecule has 0 radical (unpaired) electrons. The van der Waals surface area contributed by atoms with E-state index in [0.29, 0.717) is 4.88 Å². The number of hydrogen-bond donors (Lipinski definition) is 2. The summed E-state index contributed by atoms with van der Waals surface area (Å²) in [6.45, 7) is 1.47. The standard InChI is InChI=1S/C11H15NO4S/c1-3-7-4-5-17-9(7)10(14)12-8(6-13)11(15)16-2/h4-5,8,13H,3,6H2,1-2H3,(H,12,14). The van der Waals surface area contributed by atoms with Crippen molar-refractivity contribution >= 4 is 23.2 Å². The smallest absolute Gasteiger partial charge is 0.330 e. The van der Waals surface area contributed by atoms with Crippen molar-refractivity contribution < 1.29 is 19.4 Å². The molecule has 1 aromatic rings. The van der Waals surface area contributed by atoms with Crippen LogP contribution in [0.5, 0.6) is 0 Å². The van der Waals surface area contributed by atoms with E-state index in [2.05, 4.69) is 10.1 Å². The number of aliphatic hydroxyl groups is 1. The minimum absolute atomic E-state index is 0.360. The van der Waals surface area contributed by atoms with Gasteiger partial charge in [0.2, 0.25) is 0 Å². The Kier molecular flexibility index (Phi) is 5.11. The van der Waals surface area contributed by atoms with Crippen LogP contribution in [0.15, 0.2) is 11.4 Å². The number of esters is 1. The predicted octanol–water partition coefficient (Wildman–Crippen LogP) is 0.574. The predicted molar refractivity (Wildman–Crippen MR) is 64.1 cm³/mol. The molecule has 1 amide bonds. The van der Waals surface area contributed by atoms with E-state index in [4.69, 9.17) is 5.11 Å². The van der Waals surface area contributed by atoms with Gasteiger partial charge in [-0.1, -0.05) is 6.92 Å². The highest BCUT2D eigenvalue weighted by Crippen LogP contribution is 2.17. The van der Waals surface area contributed by atoms with Gasteiger partial charge < -0.3 is 15.2 Å². The van der Waals surface area contributed by atoms with E-state index in [1.165, 1.54) is 18.4 Å². The van der Waals surface area contributed by atoms with Gasteiger partial charge in [-0.2, -0.15) is 0 Å². The molecular formula is C11H15NO4S. The highest BCUT2D eigenvalue weighted by molar-refractivity contribution is 7.12. The Morgan fingerprint density at radius 2 is 2.29 bits per heavy atom. The van der Waals surface area contributed by atoms with Gasteiger partial charge >= 0.3 is 5.97 Å². The Balaban J connectivity index is 2.74. The van der Waals surface area contributed by atoms with Crippen LogP contribution in [0, 0.1) is 0 Å². The van der Waals surface area contributed by atoms with Crippen LogP contribution in [0.2, 0.25) is 0 Å². The van der Waals surface area contributed by atoms with Crippen LogP contribution in [-0.4, -0.2) is 36.7 Å². The molecule has 1 rings (SSSR count). The monoisotopic (exact) mass is 257 g/mol. The first kappa shape index (κ1) is 13.7. The van der Waals surface area contributed by atoms with Gasteiger partial charge in [-0.05, 0) is 23.4 Å². The molecule has 5 nitrogen and oxygen atoms in total. The van der Waals surface area contributed by atoms with Crippen molar-refractivity contribution in [2.75, 3.05) is 13.7 Å². The molecule has 0 aromatic carbocycles. The second-order valence-electron chi connectivity index (χ2n) is 3.36. The van der Waals surface area contributed by atoms with Crippen molar-refractivity contribution in [1.82, 2.24) is 5.32 Å². The summed E-state index contributed by atoms with van der Waals surface area (Å²) in [7, 11) is 1.21. The molecule has 0 bridgehead atoms. The summed E-state index contributed by atoms with van der Waals surface area (Å²) in [5.74, 6) is -1.02. The lowest BCUT2D eigenvalue weighted by molar-refractivity contribution is -0.143. The van der Waals surface area contributed by atoms with E-state index >= 15 is 0 Å². The van der Waals surface area contributed by atoms with E-state index in [0.717, 1.165) is 12.0 Å². The molecule has 0 saturated heterocycles. The second-order valence-corrected chi connectivity index (χ2v) is 4.28. The minimum atomic E-state index is -1.01. The van der Waals surface area contributed by atoms with Gasteiger partial charge in [-0.25, -0.2) is 4.79 Å². The van der Waals surface area contributed by atoms with Crippen LogP contribution < -0.4 is 5.32 Å². The molecule has 1 unspecified atom stereocenters. The van der Waals surface area contributed by atoms with Crippen molar-refractivity contribution in [3.8, 4) is 0 Å². The fourth-order valence-corrected chi connectivity index (χ4v) is 2.26. The average Bonchev–Trinajstić information content (AvgIpc) is 2.82. The quantitative estimate of drug-likeness (QED) is 0.756. The molecular weight excluding hydrogens is 242 g/mol. The van der Waals surface area contributed by atoms with E-state index in [9.17, 15) is 9.59 Å². The molecule has 0 spiro atoms. The summed E-state index contributed by atoms with van der Waals surface area (Å²) < 4.78 is 4.47. The third kappa shape index (κ3) is 3.28. The van der Waals surface area contributed by atoms with Crippen molar-refractivity contribution in [2.45, 2.75) is 19.4 Å². The number of carbonyl (C=O) groups excluding carboxylic acids is 2. The molecule has 2 N–H and O–H groups in total. The summed E-state index contributed by atoms with van der Waals surface area (Å²) in [5.41, 5.74) is 0.925. The highest BCUT2D eigenvalue weighted by atomic mass is 32.1. The van der Waals surface area contributed by atoms with E-state index in [1.807, 2.05) is 18.4 Å². The zero-order valence-electron chi connectivity index (χ0n) is 9.73. The first-order valence-corrected chi connectivity index (χ1v) is 6.07. The largest absolute Gasteiger partial charge is 0.467 e. The molecule has 0 aliphatic carbocycles. The second kappa shape index (κ2) is 6.36. The van der Waals surface area contributed by atoms with Gasteiger partial charge in [0.05, 0.1) is 18.6 Å². The summed E-state index contributed by atoms with van der Waals surface area (Å²) in [5, 5.41) is 13.2. The molecule has 17 heavy (non-hydrogen) atoms. The van der Waals surface area contributed by atoms with E-state index in [-0.39, 0.29) is 5.91 Å². The summed E-state index contributed by atoms with van der Waals surface area (Å²) >= 11 is 1.31. The van der Waals surface area contributed by atoms with Crippen molar-refractivity contribution in [3.63, 3.8) is 0 Å². The summed E-state index contributed by atoms with van der Waals surface area (Å²) in [4.78, 5) is 23.6. The molecule has 6 heteroatoms. The molecule has 1 aromatic heterocycles. The third-order valence-corrected chi connectivity index (χ3v) is 3.26. The molecule has 0 saturated carbocycles. The molecule has 1 heterocycles. The van der Waals surface area contributed by atoms with Crippen LogP contribution >= 0.6 is 11.3 Å². The lowest BCUT2D eigenvalue weighted by atomic mass is 10.2. The third-order valence-electron chi connectivity index (χ3n) is 2.31. The molecule has 0 aliphatic rings. The number of hydrogen-bond acceptors (Lipinski definition) is 5. The van der Waals surface area contributed by atoms with Crippen molar-refractivity contribution in [1.29, 1.82) is 0 Å². The maximum Gasteiger partial charge on any atom is 0.330 e. The number of amides is 1. The number of ether oxygens (including phenoxy) is 1. The Labute approximate surface area is 103 Å². The first-order chi connectivity index (χ1) is 8.13. The Hall–Kier alpha value is -1.40. The number of thiophene rings is 1. The molecule has 0 aliphatic heterocycles. The maximum absolute atomic E-state index is 11.9. The van der Waals surface area contributed by atoms with Crippen molar-refractivity contribution in [2.24, 2.45) is 0 Å². The number of rotatable bonds is 5. The average molecular weight is 257 g/mol. The van der Waals surface area contributed by atoms with Gasteiger partial charge in [0.25, 0.3) is 5.91 Å². The number of carbonyl (C=O) groups is 2. The van der Waals surface area contributed by atoms with Gasteiger partial charge in [-0.3, -0.25) is 4.79 Å². The SMILES string of the molecule is CCc1ccsc1C(=O)NC(CO)C(=O)OC. The summed E-state index contributed by atoms with van der Waals surface area (Å²) in [6.07, 6.45) is 0.744.